The molecule has 0 bridgehead atoms. The standard InChI is InChI=1S/C20H17NO3/c1-3-12-23-18-7-5-4-6-16(18)13-17-20(22)24-19(21-17)15-10-8-14(2)9-11-15/h3-11,13H,1,12H2,2H3/b17-13-. The predicted molar refractivity (Wildman–Crippen MR) is 93.9 cm³/mol. The molecule has 0 fully saturated rings. The number of carbonyl (C=O) groups excluding carboxylic acids is 1. The minimum Gasteiger partial charge on any atom is -0.489 e. The van der Waals surface area contributed by atoms with Crippen LogP contribution in [0.15, 0.2) is 71.9 Å². The number of hydrogen-bond donors (Lipinski definition) is 0. The molecule has 0 atom stereocenters. The van der Waals surface area contributed by atoms with Gasteiger partial charge < -0.3 is 9.47 Å². The molecular formula is C20H17NO3. The second-order valence-electron chi connectivity index (χ2n) is 5.34. The minimum absolute atomic E-state index is 0.250. The lowest BCUT2D eigenvalue weighted by Crippen LogP contribution is -2.05. The molecule has 0 spiro atoms. The van der Waals surface area contributed by atoms with Crippen molar-refractivity contribution in [3.63, 3.8) is 0 Å². The number of rotatable bonds is 5. The molecule has 0 amide bonds. The van der Waals surface area contributed by atoms with Crippen LogP contribution in [0.1, 0.15) is 16.7 Å². The van der Waals surface area contributed by atoms with E-state index in [1.54, 1.807) is 12.2 Å². The summed E-state index contributed by atoms with van der Waals surface area (Å²) in [5.74, 6) is 0.511. The summed E-state index contributed by atoms with van der Waals surface area (Å²) in [7, 11) is 0. The molecule has 0 aliphatic carbocycles. The van der Waals surface area contributed by atoms with Crippen molar-refractivity contribution in [1.82, 2.24) is 0 Å². The van der Waals surface area contributed by atoms with Gasteiger partial charge in [-0.2, -0.15) is 0 Å². The molecule has 24 heavy (non-hydrogen) atoms. The lowest BCUT2D eigenvalue weighted by atomic mass is 10.1. The van der Waals surface area contributed by atoms with Crippen LogP contribution in [0.5, 0.6) is 5.75 Å². The van der Waals surface area contributed by atoms with Crippen molar-refractivity contribution in [2.75, 3.05) is 6.61 Å². The van der Waals surface area contributed by atoms with Gasteiger partial charge in [-0.25, -0.2) is 9.79 Å². The van der Waals surface area contributed by atoms with E-state index in [0.717, 1.165) is 16.7 Å². The Morgan fingerprint density at radius 1 is 1.17 bits per heavy atom. The van der Waals surface area contributed by atoms with Gasteiger partial charge in [-0.05, 0) is 31.2 Å². The molecule has 0 N–H and O–H groups in total. The van der Waals surface area contributed by atoms with Gasteiger partial charge in [-0.1, -0.05) is 48.6 Å². The smallest absolute Gasteiger partial charge is 0.363 e. The number of hydrogen-bond acceptors (Lipinski definition) is 4. The highest BCUT2D eigenvalue weighted by Crippen LogP contribution is 2.24. The zero-order valence-electron chi connectivity index (χ0n) is 13.4. The van der Waals surface area contributed by atoms with E-state index in [9.17, 15) is 4.79 Å². The van der Waals surface area contributed by atoms with Gasteiger partial charge in [0, 0.05) is 11.1 Å². The lowest BCUT2D eigenvalue weighted by Gasteiger charge is -2.06. The first kappa shape index (κ1) is 15.7. The summed E-state index contributed by atoms with van der Waals surface area (Å²) in [6.07, 6.45) is 3.34. The summed E-state index contributed by atoms with van der Waals surface area (Å²) in [5, 5.41) is 0. The van der Waals surface area contributed by atoms with E-state index in [-0.39, 0.29) is 5.70 Å². The third-order valence-electron chi connectivity index (χ3n) is 3.49. The normalized spacial score (nSPS) is 15.1. The Hall–Kier alpha value is -3.14. The molecule has 0 radical (unpaired) electrons. The average molecular weight is 319 g/mol. The number of ether oxygens (including phenoxy) is 2. The molecule has 1 heterocycles. The van der Waals surface area contributed by atoms with E-state index in [4.69, 9.17) is 9.47 Å². The van der Waals surface area contributed by atoms with E-state index < -0.39 is 5.97 Å². The van der Waals surface area contributed by atoms with Gasteiger partial charge >= 0.3 is 5.97 Å². The number of aliphatic imine (C=N–C) groups is 1. The topological polar surface area (TPSA) is 47.9 Å². The molecule has 1 aliphatic rings. The first-order valence-corrected chi connectivity index (χ1v) is 7.59. The SMILES string of the molecule is C=CCOc1ccccc1/C=C1\N=C(c2ccc(C)cc2)OC1=O. The largest absolute Gasteiger partial charge is 0.489 e. The molecule has 3 rings (SSSR count). The number of carbonyl (C=O) groups is 1. The fraction of sp³-hybridized carbons (Fsp3) is 0.100. The van der Waals surface area contributed by atoms with Crippen molar-refractivity contribution in [3.05, 3.63) is 83.6 Å². The molecule has 120 valence electrons. The molecule has 0 saturated heterocycles. The molecule has 2 aromatic carbocycles. The Labute approximate surface area is 140 Å². The van der Waals surface area contributed by atoms with Crippen LogP contribution in [0.2, 0.25) is 0 Å². The van der Waals surface area contributed by atoms with Crippen molar-refractivity contribution in [2.45, 2.75) is 6.92 Å². The zero-order valence-corrected chi connectivity index (χ0v) is 13.4. The Kier molecular flexibility index (Phi) is 4.57. The van der Waals surface area contributed by atoms with Crippen molar-refractivity contribution in [3.8, 4) is 5.75 Å². The van der Waals surface area contributed by atoms with Crippen LogP contribution in [0.3, 0.4) is 0 Å². The highest BCUT2D eigenvalue weighted by molar-refractivity contribution is 6.12. The van der Waals surface area contributed by atoms with E-state index in [2.05, 4.69) is 11.6 Å². The molecule has 0 saturated carbocycles. The number of esters is 1. The first-order chi connectivity index (χ1) is 11.7. The Morgan fingerprint density at radius 2 is 1.92 bits per heavy atom. The third-order valence-corrected chi connectivity index (χ3v) is 3.49. The van der Waals surface area contributed by atoms with E-state index in [1.165, 1.54) is 0 Å². The van der Waals surface area contributed by atoms with E-state index in [1.807, 2.05) is 55.5 Å². The van der Waals surface area contributed by atoms with Crippen LogP contribution in [0.25, 0.3) is 6.08 Å². The highest BCUT2D eigenvalue weighted by Gasteiger charge is 2.24. The van der Waals surface area contributed by atoms with Crippen LogP contribution < -0.4 is 4.74 Å². The second kappa shape index (κ2) is 6.96. The van der Waals surface area contributed by atoms with Gasteiger partial charge in [0.15, 0.2) is 5.70 Å². The van der Waals surface area contributed by atoms with E-state index in [0.29, 0.717) is 18.3 Å². The van der Waals surface area contributed by atoms with Gasteiger partial charge in [0.1, 0.15) is 12.4 Å². The molecule has 1 aliphatic heterocycles. The molecule has 0 aromatic heterocycles. The quantitative estimate of drug-likeness (QED) is 0.477. The Bertz CT molecular complexity index is 832. The van der Waals surface area contributed by atoms with Crippen LogP contribution in [0.4, 0.5) is 0 Å². The summed E-state index contributed by atoms with van der Waals surface area (Å²) in [6, 6.07) is 15.1. The number of cyclic esters (lactones) is 1. The van der Waals surface area contributed by atoms with Gasteiger partial charge in [-0.3, -0.25) is 0 Å². The Morgan fingerprint density at radius 3 is 2.67 bits per heavy atom. The summed E-state index contributed by atoms with van der Waals surface area (Å²) < 4.78 is 10.9. The third kappa shape index (κ3) is 3.43. The van der Waals surface area contributed by atoms with Gasteiger partial charge in [0.05, 0.1) is 0 Å². The number of aryl methyl sites for hydroxylation is 1. The van der Waals surface area contributed by atoms with Crippen LogP contribution in [-0.2, 0) is 9.53 Å². The predicted octanol–water partition coefficient (Wildman–Crippen LogP) is 3.90. The van der Waals surface area contributed by atoms with Gasteiger partial charge in [-0.15, -0.1) is 0 Å². The van der Waals surface area contributed by atoms with Crippen molar-refractivity contribution >= 4 is 17.9 Å². The number of para-hydroxylation sites is 1. The monoisotopic (exact) mass is 319 g/mol. The maximum absolute atomic E-state index is 12.1. The van der Waals surface area contributed by atoms with Crippen molar-refractivity contribution < 1.29 is 14.3 Å². The average Bonchev–Trinajstić information content (AvgIpc) is 2.95. The number of nitrogens with zero attached hydrogens (tertiary/aromatic N) is 1. The van der Waals surface area contributed by atoms with Crippen molar-refractivity contribution in [2.24, 2.45) is 4.99 Å². The fourth-order valence-electron chi connectivity index (χ4n) is 2.26. The van der Waals surface area contributed by atoms with Crippen LogP contribution in [-0.4, -0.2) is 18.5 Å². The summed E-state index contributed by atoms with van der Waals surface area (Å²) >= 11 is 0. The number of benzene rings is 2. The lowest BCUT2D eigenvalue weighted by molar-refractivity contribution is -0.129. The van der Waals surface area contributed by atoms with Gasteiger partial charge in [0.25, 0.3) is 0 Å². The maximum Gasteiger partial charge on any atom is 0.363 e. The van der Waals surface area contributed by atoms with Crippen LogP contribution in [0, 0.1) is 6.92 Å². The highest BCUT2D eigenvalue weighted by atomic mass is 16.6. The fourth-order valence-corrected chi connectivity index (χ4v) is 2.26. The first-order valence-electron chi connectivity index (χ1n) is 7.59. The second-order valence-corrected chi connectivity index (χ2v) is 5.34. The van der Waals surface area contributed by atoms with Gasteiger partial charge in [0.2, 0.25) is 5.90 Å². The molecule has 2 aromatic rings. The van der Waals surface area contributed by atoms with Crippen molar-refractivity contribution in [1.29, 1.82) is 0 Å². The molecular weight excluding hydrogens is 302 g/mol. The zero-order chi connectivity index (χ0) is 16.9. The maximum atomic E-state index is 12.1. The summed E-state index contributed by atoms with van der Waals surface area (Å²) in [6.45, 7) is 6.02. The molecule has 0 unspecified atom stereocenters. The summed E-state index contributed by atoms with van der Waals surface area (Å²) in [5.41, 5.74) is 2.92. The molecule has 4 nitrogen and oxygen atoms in total. The van der Waals surface area contributed by atoms with E-state index >= 15 is 0 Å². The minimum atomic E-state index is -0.468. The van der Waals surface area contributed by atoms with Crippen LogP contribution >= 0.6 is 0 Å². The Balaban J connectivity index is 1.91. The molecule has 4 heteroatoms. The summed E-state index contributed by atoms with van der Waals surface area (Å²) in [4.78, 5) is 16.4.